The summed E-state index contributed by atoms with van der Waals surface area (Å²) in [6.45, 7) is 11.1. The Labute approximate surface area is 127 Å². The molecule has 3 N–H and O–H groups in total. The lowest BCUT2D eigenvalue weighted by atomic mass is 9.95. The van der Waals surface area contributed by atoms with Gasteiger partial charge >= 0.3 is 0 Å². The van der Waals surface area contributed by atoms with Crippen LogP contribution in [0.4, 0.5) is 11.6 Å². The van der Waals surface area contributed by atoms with E-state index in [1.807, 2.05) is 20.9 Å². The van der Waals surface area contributed by atoms with Crippen molar-refractivity contribution < 1.29 is 4.79 Å². The quantitative estimate of drug-likeness (QED) is 0.748. The van der Waals surface area contributed by atoms with Gasteiger partial charge in [-0.25, -0.2) is 9.97 Å². The highest BCUT2D eigenvalue weighted by molar-refractivity contribution is 5.80. The van der Waals surface area contributed by atoms with Crippen molar-refractivity contribution in [3.05, 3.63) is 11.4 Å². The molecule has 1 aromatic rings. The first kappa shape index (κ1) is 17.2. The predicted molar refractivity (Wildman–Crippen MR) is 86.8 cm³/mol. The topological polar surface area (TPSA) is 78.9 Å². The van der Waals surface area contributed by atoms with E-state index >= 15 is 0 Å². The summed E-state index contributed by atoms with van der Waals surface area (Å²) >= 11 is 0. The molecule has 1 aromatic heterocycles. The van der Waals surface area contributed by atoms with Crippen molar-refractivity contribution in [3.63, 3.8) is 0 Å². The van der Waals surface area contributed by atoms with Gasteiger partial charge in [0, 0.05) is 24.6 Å². The van der Waals surface area contributed by atoms with Crippen molar-refractivity contribution in [1.29, 1.82) is 0 Å². The molecule has 0 aliphatic heterocycles. The molecule has 1 heterocycles. The summed E-state index contributed by atoms with van der Waals surface area (Å²) in [4.78, 5) is 20.8. The van der Waals surface area contributed by atoms with Crippen LogP contribution in [0.2, 0.25) is 0 Å². The van der Waals surface area contributed by atoms with Crippen LogP contribution in [-0.2, 0) is 10.2 Å². The number of rotatable bonds is 6. The van der Waals surface area contributed by atoms with Gasteiger partial charge in [-0.3, -0.25) is 4.79 Å². The Balaban J connectivity index is 2.92. The fraction of sp³-hybridized carbons (Fsp3) is 0.667. The Morgan fingerprint density at radius 3 is 2.33 bits per heavy atom. The molecule has 0 unspecified atom stereocenters. The molecule has 0 bridgehead atoms. The zero-order valence-corrected chi connectivity index (χ0v) is 13.9. The van der Waals surface area contributed by atoms with Crippen molar-refractivity contribution in [3.8, 4) is 0 Å². The van der Waals surface area contributed by atoms with E-state index in [2.05, 4.69) is 46.7 Å². The summed E-state index contributed by atoms with van der Waals surface area (Å²) in [6.07, 6.45) is 0.927. The van der Waals surface area contributed by atoms with Crippen LogP contribution in [0.1, 0.15) is 45.5 Å². The van der Waals surface area contributed by atoms with Crippen molar-refractivity contribution in [2.75, 3.05) is 30.8 Å². The van der Waals surface area contributed by atoms with Crippen molar-refractivity contribution in [2.45, 2.75) is 46.5 Å². The summed E-state index contributed by atoms with van der Waals surface area (Å²) in [7, 11) is 1.83. The molecule has 1 rings (SSSR count). The average molecular weight is 293 g/mol. The van der Waals surface area contributed by atoms with E-state index in [1.54, 1.807) is 0 Å². The van der Waals surface area contributed by atoms with Gasteiger partial charge in [0.05, 0.1) is 6.54 Å². The molecule has 0 atom stereocenters. The maximum Gasteiger partial charge on any atom is 0.239 e. The van der Waals surface area contributed by atoms with Crippen LogP contribution < -0.4 is 16.0 Å². The van der Waals surface area contributed by atoms with Gasteiger partial charge in [0.15, 0.2) is 0 Å². The summed E-state index contributed by atoms with van der Waals surface area (Å²) in [5.74, 6) is 2.20. The number of nitrogens with zero attached hydrogens (tertiary/aromatic N) is 2. The molecule has 118 valence electrons. The van der Waals surface area contributed by atoms with Crippen molar-refractivity contribution >= 4 is 17.5 Å². The minimum absolute atomic E-state index is 0.0295. The number of hydrogen-bond donors (Lipinski definition) is 3. The van der Waals surface area contributed by atoms with E-state index < -0.39 is 0 Å². The summed E-state index contributed by atoms with van der Waals surface area (Å²) < 4.78 is 0. The molecule has 0 aliphatic carbocycles. The Kier molecular flexibility index (Phi) is 5.93. The lowest BCUT2D eigenvalue weighted by Crippen LogP contribution is -2.31. The molecule has 0 aliphatic rings. The highest BCUT2D eigenvalue weighted by Gasteiger charge is 2.21. The molecule has 21 heavy (non-hydrogen) atoms. The molecule has 0 aromatic carbocycles. The van der Waals surface area contributed by atoms with Crippen LogP contribution in [0.3, 0.4) is 0 Å². The van der Waals surface area contributed by atoms with Crippen LogP contribution in [0.25, 0.3) is 0 Å². The number of nitrogens with one attached hydrogen (secondary N) is 3. The average Bonchev–Trinajstić information content (AvgIpc) is 2.42. The number of aromatic nitrogens is 2. The second-order valence-electron chi connectivity index (χ2n) is 6.07. The van der Waals surface area contributed by atoms with Crippen LogP contribution in [-0.4, -0.2) is 36.0 Å². The van der Waals surface area contributed by atoms with Crippen LogP contribution in [0, 0.1) is 6.92 Å². The number of amides is 1. The summed E-state index contributed by atoms with van der Waals surface area (Å²) in [5, 5.41) is 9.02. The van der Waals surface area contributed by atoms with Gasteiger partial charge in [-0.2, -0.15) is 0 Å². The maximum absolute atomic E-state index is 11.7. The van der Waals surface area contributed by atoms with E-state index in [1.165, 1.54) is 0 Å². The van der Waals surface area contributed by atoms with Gasteiger partial charge < -0.3 is 16.0 Å². The standard InChI is InChI=1S/C15H27N5O/c1-7-8-17-11(21)9-18-13-10(2)12(16-6)19-14(20-13)15(3,4)5/h7-9H2,1-6H3,(H,17,21)(H2,16,18,19,20). The van der Waals surface area contributed by atoms with Gasteiger partial charge in [0.2, 0.25) is 5.91 Å². The van der Waals surface area contributed by atoms with Gasteiger partial charge in [0.25, 0.3) is 0 Å². The first-order valence-corrected chi connectivity index (χ1v) is 7.37. The highest BCUT2D eigenvalue weighted by Crippen LogP contribution is 2.25. The molecular formula is C15H27N5O. The van der Waals surface area contributed by atoms with E-state index in [9.17, 15) is 4.79 Å². The van der Waals surface area contributed by atoms with E-state index in [0.717, 1.165) is 23.6 Å². The molecule has 1 amide bonds. The number of hydrogen-bond acceptors (Lipinski definition) is 5. The minimum Gasteiger partial charge on any atom is -0.373 e. The minimum atomic E-state index is -0.153. The predicted octanol–water partition coefficient (Wildman–Crippen LogP) is 2.06. The van der Waals surface area contributed by atoms with Gasteiger partial charge in [-0.05, 0) is 13.3 Å². The number of carbonyl (C=O) groups is 1. The third-order valence-electron chi connectivity index (χ3n) is 3.04. The van der Waals surface area contributed by atoms with Crippen LogP contribution in [0.15, 0.2) is 0 Å². The first-order valence-electron chi connectivity index (χ1n) is 7.37. The summed E-state index contributed by atoms with van der Waals surface area (Å²) in [6, 6.07) is 0. The Morgan fingerprint density at radius 2 is 1.81 bits per heavy atom. The molecule has 6 heteroatoms. The first-order chi connectivity index (χ1) is 9.79. The zero-order valence-electron chi connectivity index (χ0n) is 13.9. The second-order valence-corrected chi connectivity index (χ2v) is 6.07. The molecule has 0 radical (unpaired) electrons. The number of carbonyl (C=O) groups excluding carboxylic acids is 1. The normalized spacial score (nSPS) is 11.1. The number of anilines is 2. The highest BCUT2D eigenvalue weighted by atomic mass is 16.1. The van der Waals surface area contributed by atoms with Gasteiger partial charge in [-0.1, -0.05) is 27.7 Å². The molecule has 0 saturated carbocycles. The van der Waals surface area contributed by atoms with E-state index in [-0.39, 0.29) is 17.9 Å². The zero-order chi connectivity index (χ0) is 16.0. The smallest absolute Gasteiger partial charge is 0.239 e. The van der Waals surface area contributed by atoms with E-state index in [4.69, 9.17) is 0 Å². The molecule has 0 saturated heterocycles. The fourth-order valence-electron chi connectivity index (χ4n) is 1.76. The maximum atomic E-state index is 11.7. The Morgan fingerprint density at radius 1 is 1.19 bits per heavy atom. The molecule has 0 spiro atoms. The van der Waals surface area contributed by atoms with E-state index in [0.29, 0.717) is 12.4 Å². The Bertz CT molecular complexity index is 494. The Hall–Kier alpha value is -1.85. The third-order valence-corrected chi connectivity index (χ3v) is 3.04. The molecule has 0 fully saturated rings. The fourth-order valence-corrected chi connectivity index (χ4v) is 1.76. The molecule has 6 nitrogen and oxygen atoms in total. The monoisotopic (exact) mass is 293 g/mol. The SMILES string of the molecule is CCCNC(=O)CNc1nc(C(C)(C)C)nc(NC)c1C. The summed E-state index contributed by atoms with van der Waals surface area (Å²) in [5.41, 5.74) is 0.758. The van der Waals surface area contributed by atoms with Crippen molar-refractivity contribution in [2.24, 2.45) is 0 Å². The van der Waals surface area contributed by atoms with Crippen molar-refractivity contribution in [1.82, 2.24) is 15.3 Å². The third kappa shape index (κ3) is 4.88. The lowest BCUT2D eigenvalue weighted by molar-refractivity contribution is -0.119. The van der Waals surface area contributed by atoms with Gasteiger partial charge in [0.1, 0.15) is 17.5 Å². The van der Waals surface area contributed by atoms with Crippen LogP contribution in [0.5, 0.6) is 0 Å². The molecular weight excluding hydrogens is 266 g/mol. The largest absolute Gasteiger partial charge is 0.373 e. The van der Waals surface area contributed by atoms with Crippen LogP contribution >= 0.6 is 0 Å². The van der Waals surface area contributed by atoms with Gasteiger partial charge in [-0.15, -0.1) is 0 Å². The second kappa shape index (κ2) is 7.24. The lowest BCUT2D eigenvalue weighted by Gasteiger charge is -2.20.